The van der Waals surface area contributed by atoms with Gasteiger partial charge in [0.2, 0.25) is 5.91 Å². The third kappa shape index (κ3) is 6.54. The molecule has 0 fully saturated rings. The van der Waals surface area contributed by atoms with Crippen molar-refractivity contribution in [1.82, 2.24) is 10.2 Å². The van der Waals surface area contributed by atoms with Gasteiger partial charge in [0, 0.05) is 12.6 Å². The van der Waals surface area contributed by atoms with E-state index < -0.39 is 6.10 Å². The minimum atomic E-state index is -0.719. The first kappa shape index (κ1) is 16.5. The van der Waals surface area contributed by atoms with Crippen LogP contribution in [0, 0.1) is 0 Å². The molecule has 0 bridgehead atoms. The lowest BCUT2D eigenvalue weighted by atomic mass is 10.3. The Bertz CT molecular complexity index is 395. The number of amides is 1. The third-order valence-electron chi connectivity index (χ3n) is 3.00. The molecule has 0 aliphatic heterocycles. The number of rotatable bonds is 8. The van der Waals surface area contributed by atoms with Gasteiger partial charge in [-0.3, -0.25) is 9.69 Å². The van der Waals surface area contributed by atoms with Crippen LogP contribution in [-0.4, -0.2) is 54.8 Å². The van der Waals surface area contributed by atoms with Crippen molar-refractivity contribution >= 4 is 5.91 Å². The van der Waals surface area contributed by atoms with Crippen molar-refractivity contribution in [1.29, 1.82) is 0 Å². The second kappa shape index (κ2) is 8.55. The molecule has 0 heterocycles. The van der Waals surface area contributed by atoms with Gasteiger partial charge in [0.15, 0.2) is 0 Å². The van der Waals surface area contributed by atoms with Crippen LogP contribution < -0.4 is 10.1 Å². The Kier molecular flexibility index (Phi) is 7.04. The summed E-state index contributed by atoms with van der Waals surface area (Å²) in [4.78, 5) is 13.6. The molecule has 5 heteroatoms. The number of nitrogens with one attached hydrogen (secondary N) is 1. The molecule has 0 aliphatic carbocycles. The highest BCUT2D eigenvalue weighted by molar-refractivity contribution is 5.78. The van der Waals surface area contributed by atoms with Crippen LogP contribution in [0.4, 0.5) is 0 Å². The standard InChI is InChI=1S/C15H24N2O3/c1-12(2)17(3)10-15(19)16-9-13(18)11-20-14-7-5-4-6-8-14/h4-8,12-13,18H,9-11H2,1-3H3,(H,16,19). The average molecular weight is 280 g/mol. The first-order chi connectivity index (χ1) is 9.49. The summed E-state index contributed by atoms with van der Waals surface area (Å²) in [5.41, 5.74) is 0. The van der Waals surface area contributed by atoms with Crippen LogP contribution >= 0.6 is 0 Å². The van der Waals surface area contributed by atoms with Gasteiger partial charge in [0.1, 0.15) is 18.5 Å². The van der Waals surface area contributed by atoms with Crippen molar-refractivity contribution in [3.8, 4) is 5.75 Å². The Morgan fingerprint density at radius 3 is 2.60 bits per heavy atom. The third-order valence-corrected chi connectivity index (χ3v) is 3.00. The van der Waals surface area contributed by atoms with Gasteiger partial charge in [-0.1, -0.05) is 18.2 Å². The lowest BCUT2D eigenvalue weighted by Gasteiger charge is -2.20. The number of hydrogen-bond donors (Lipinski definition) is 2. The molecule has 1 aromatic carbocycles. The Morgan fingerprint density at radius 1 is 1.35 bits per heavy atom. The number of likely N-dealkylation sites (N-methyl/N-ethyl adjacent to an activating group) is 1. The molecule has 1 aromatic rings. The molecule has 0 aliphatic rings. The highest BCUT2D eigenvalue weighted by atomic mass is 16.5. The van der Waals surface area contributed by atoms with Crippen LogP contribution in [0.5, 0.6) is 5.75 Å². The van der Waals surface area contributed by atoms with Gasteiger partial charge >= 0.3 is 0 Å². The maximum Gasteiger partial charge on any atom is 0.234 e. The van der Waals surface area contributed by atoms with Crippen LogP contribution in [0.2, 0.25) is 0 Å². The number of hydrogen-bond acceptors (Lipinski definition) is 4. The Labute approximate surface area is 120 Å². The smallest absolute Gasteiger partial charge is 0.234 e. The molecule has 1 rings (SSSR count). The topological polar surface area (TPSA) is 61.8 Å². The van der Waals surface area contributed by atoms with Crippen LogP contribution in [-0.2, 0) is 4.79 Å². The van der Waals surface area contributed by atoms with E-state index in [1.165, 1.54) is 0 Å². The number of aliphatic hydroxyl groups is 1. The van der Waals surface area contributed by atoms with E-state index in [4.69, 9.17) is 4.74 Å². The SMILES string of the molecule is CC(C)N(C)CC(=O)NCC(O)COc1ccccc1. The zero-order chi connectivity index (χ0) is 15.0. The number of ether oxygens (including phenoxy) is 1. The normalized spacial score (nSPS) is 12.5. The zero-order valence-electron chi connectivity index (χ0n) is 12.4. The number of carbonyl (C=O) groups excluding carboxylic acids is 1. The molecule has 5 nitrogen and oxygen atoms in total. The second-order valence-corrected chi connectivity index (χ2v) is 5.09. The summed E-state index contributed by atoms with van der Waals surface area (Å²) in [6.45, 7) is 4.72. The summed E-state index contributed by atoms with van der Waals surface area (Å²) >= 11 is 0. The predicted octanol–water partition coefficient (Wildman–Crippen LogP) is 0.883. The lowest BCUT2D eigenvalue weighted by molar-refractivity contribution is -0.122. The van der Waals surface area contributed by atoms with Crippen molar-refractivity contribution < 1.29 is 14.6 Å². The van der Waals surface area contributed by atoms with Crippen LogP contribution in [0.15, 0.2) is 30.3 Å². The molecule has 1 unspecified atom stereocenters. The summed E-state index contributed by atoms with van der Waals surface area (Å²) in [6.07, 6.45) is -0.719. The molecule has 20 heavy (non-hydrogen) atoms. The molecular weight excluding hydrogens is 256 g/mol. The highest BCUT2D eigenvalue weighted by Crippen LogP contribution is 2.08. The first-order valence-electron chi connectivity index (χ1n) is 6.82. The summed E-state index contributed by atoms with van der Waals surface area (Å²) in [7, 11) is 1.89. The van der Waals surface area contributed by atoms with E-state index in [2.05, 4.69) is 5.32 Å². The summed E-state index contributed by atoms with van der Waals surface area (Å²) in [6, 6.07) is 9.59. The minimum absolute atomic E-state index is 0.0973. The quantitative estimate of drug-likeness (QED) is 0.742. The summed E-state index contributed by atoms with van der Waals surface area (Å²) < 4.78 is 5.41. The summed E-state index contributed by atoms with van der Waals surface area (Å²) in [5.74, 6) is 0.609. The largest absolute Gasteiger partial charge is 0.491 e. The fourth-order valence-electron chi connectivity index (χ4n) is 1.46. The Balaban J connectivity index is 2.19. The van der Waals surface area contributed by atoms with Crippen molar-refractivity contribution in [2.24, 2.45) is 0 Å². The van der Waals surface area contributed by atoms with Crippen LogP contribution in [0.1, 0.15) is 13.8 Å². The molecule has 0 spiro atoms. The molecule has 1 amide bonds. The van der Waals surface area contributed by atoms with E-state index in [-0.39, 0.29) is 19.1 Å². The van der Waals surface area contributed by atoms with E-state index >= 15 is 0 Å². The van der Waals surface area contributed by atoms with E-state index in [1.54, 1.807) is 0 Å². The van der Waals surface area contributed by atoms with Crippen molar-refractivity contribution in [3.63, 3.8) is 0 Å². The first-order valence-corrected chi connectivity index (χ1v) is 6.82. The predicted molar refractivity (Wildman–Crippen MR) is 78.7 cm³/mol. The molecule has 1 atom stereocenters. The fraction of sp³-hybridized carbons (Fsp3) is 0.533. The van der Waals surface area contributed by atoms with E-state index in [0.717, 1.165) is 0 Å². The Hall–Kier alpha value is -1.59. The van der Waals surface area contributed by atoms with Gasteiger partial charge in [-0.15, -0.1) is 0 Å². The highest BCUT2D eigenvalue weighted by Gasteiger charge is 2.11. The van der Waals surface area contributed by atoms with Crippen LogP contribution in [0.3, 0.4) is 0 Å². The van der Waals surface area contributed by atoms with Gasteiger partial charge < -0.3 is 15.2 Å². The number of benzene rings is 1. The van der Waals surface area contributed by atoms with Gasteiger partial charge in [-0.05, 0) is 33.0 Å². The number of para-hydroxylation sites is 1. The number of nitrogens with zero attached hydrogens (tertiary/aromatic N) is 1. The minimum Gasteiger partial charge on any atom is -0.491 e. The van der Waals surface area contributed by atoms with Gasteiger partial charge in [-0.25, -0.2) is 0 Å². The van der Waals surface area contributed by atoms with Gasteiger partial charge in [0.05, 0.1) is 6.54 Å². The van der Waals surface area contributed by atoms with Gasteiger partial charge in [0.25, 0.3) is 0 Å². The van der Waals surface area contributed by atoms with Crippen molar-refractivity contribution in [2.75, 3.05) is 26.7 Å². The number of aliphatic hydroxyl groups excluding tert-OH is 1. The molecule has 112 valence electrons. The van der Waals surface area contributed by atoms with Crippen LogP contribution in [0.25, 0.3) is 0 Å². The molecular formula is C15H24N2O3. The van der Waals surface area contributed by atoms with E-state index in [0.29, 0.717) is 18.3 Å². The fourth-order valence-corrected chi connectivity index (χ4v) is 1.46. The molecule has 0 radical (unpaired) electrons. The molecule has 0 aromatic heterocycles. The average Bonchev–Trinajstić information content (AvgIpc) is 2.43. The van der Waals surface area contributed by atoms with Gasteiger partial charge in [-0.2, -0.15) is 0 Å². The Morgan fingerprint density at radius 2 is 2.00 bits per heavy atom. The maximum atomic E-state index is 11.6. The maximum absolute atomic E-state index is 11.6. The van der Waals surface area contributed by atoms with Crippen molar-refractivity contribution in [2.45, 2.75) is 26.0 Å². The molecule has 2 N–H and O–H groups in total. The number of carbonyl (C=O) groups is 1. The molecule has 0 saturated heterocycles. The summed E-state index contributed by atoms with van der Waals surface area (Å²) in [5, 5.41) is 12.4. The monoisotopic (exact) mass is 280 g/mol. The zero-order valence-corrected chi connectivity index (χ0v) is 12.4. The van der Waals surface area contributed by atoms with Crippen molar-refractivity contribution in [3.05, 3.63) is 30.3 Å². The molecule has 0 saturated carbocycles. The van der Waals surface area contributed by atoms with E-state index in [9.17, 15) is 9.90 Å². The lowest BCUT2D eigenvalue weighted by Crippen LogP contribution is -2.42. The second-order valence-electron chi connectivity index (χ2n) is 5.09. The van der Waals surface area contributed by atoms with E-state index in [1.807, 2.05) is 56.1 Å².